The van der Waals surface area contributed by atoms with Gasteiger partial charge in [0.25, 0.3) is 0 Å². The molecule has 2 aromatic heterocycles. The normalized spacial score (nSPS) is 14.7. The Labute approximate surface area is 128 Å². The van der Waals surface area contributed by atoms with Gasteiger partial charge in [0.1, 0.15) is 0 Å². The van der Waals surface area contributed by atoms with E-state index in [4.69, 9.17) is 0 Å². The van der Waals surface area contributed by atoms with E-state index >= 15 is 0 Å². The third-order valence-corrected chi connectivity index (χ3v) is 5.10. The molecule has 0 spiro atoms. The van der Waals surface area contributed by atoms with Gasteiger partial charge in [0.2, 0.25) is 5.91 Å². The molecule has 0 bridgehead atoms. The van der Waals surface area contributed by atoms with Crippen LogP contribution in [-0.2, 0) is 24.8 Å². The van der Waals surface area contributed by atoms with E-state index in [9.17, 15) is 4.79 Å². The standard InChI is InChI=1S/C16H19N3OS/c1-11-14(12(2)18(3)17-11)4-5-16(20)19-8-6-15-13(10-19)7-9-21-15/h4-5,7,9H,6,8,10H2,1-3H3. The van der Waals surface area contributed by atoms with Crippen LogP contribution in [0, 0.1) is 13.8 Å². The quantitative estimate of drug-likeness (QED) is 0.800. The first kappa shape index (κ1) is 14.1. The van der Waals surface area contributed by atoms with Crippen LogP contribution in [0.5, 0.6) is 0 Å². The summed E-state index contributed by atoms with van der Waals surface area (Å²) in [6, 6.07) is 2.12. The number of thiophene rings is 1. The number of fused-ring (bicyclic) bond motifs is 1. The molecular formula is C16H19N3OS. The second kappa shape index (κ2) is 5.48. The van der Waals surface area contributed by atoms with Crippen molar-refractivity contribution in [3.8, 4) is 0 Å². The molecule has 0 N–H and O–H groups in total. The molecule has 0 aromatic carbocycles. The fraction of sp³-hybridized carbons (Fsp3) is 0.375. The van der Waals surface area contributed by atoms with E-state index in [1.165, 1.54) is 10.4 Å². The molecule has 5 heteroatoms. The summed E-state index contributed by atoms with van der Waals surface area (Å²) in [5.41, 5.74) is 4.37. The van der Waals surface area contributed by atoms with Crippen molar-refractivity contribution in [2.24, 2.45) is 7.05 Å². The van der Waals surface area contributed by atoms with Crippen LogP contribution in [0.15, 0.2) is 17.5 Å². The van der Waals surface area contributed by atoms with Crippen LogP contribution < -0.4 is 0 Å². The molecular weight excluding hydrogens is 282 g/mol. The molecule has 3 rings (SSSR count). The van der Waals surface area contributed by atoms with Crippen LogP contribution in [-0.4, -0.2) is 27.1 Å². The first-order chi connectivity index (χ1) is 10.1. The van der Waals surface area contributed by atoms with Crippen molar-refractivity contribution in [3.63, 3.8) is 0 Å². The molecule has 0 saturated heterocycles. The van der Waals surface area contributed by atoms with Gasteiger partial charge in [0, 0.05) is 42.3 Å². The zero-order valence-corrected chi connectivity index (χ0v) is 13.4. The topological polar surface area (TPSA) is 38.1 Å². The fourth-order valence-corrected chi connectivity index (χ4v) is 3.62. The maximum Gasteiger partial charge on any atom is 0.246 e. The average Bonchev–Trinajstić information content (AvgIpc) is 3.02. The number of carbonyl (C=O) groups excluding carboxylic acids is 1. The highest BCUT2D eigenvalue weighted by Crippen LogP contribution is 2.24. The maximum atomic E-state index is 12.3. The number of aryl methyl sites for hydroxylation is 2. The van der Waals surface area contributed by atoms with Gasteiger partial charge in [-0.1, -0.05) is 0 Å². The summed E-state index contributed by atoms with van der Waals surface area (Å²) in [6.45, 7) is 5.52. The van der Waals surface area contributed by atoms with Crippen LogP contribution in [0.2, 0.25) is 0 Å². The summed E-state index contributed by atoms with van der Waals surface area (Å²) in [7, 11) is 1.92. The van der Waals surface area contributed by atoms with Gasteiger partial charge in [0.15, 0.2) is 0 Å². The highest BCUT2D eigenvalue weighted by Gasteiger charge is 2.20. The van der Waals surface area contributed by atoms with Gasteiger partial charge in [-0.2, -0.15) is 5.10 Å². The second-order valence-electron chi connectivity index (χ2n) is 5.42. The van der Waals surface area contributed by atoms with Gasteiger partial charge in [-0.3, -0.25) is 9.48 Å². The van der Waals surface area contributed by atoms with Gasteiger partial charge in [0.05, 0.1) is 5.69 Å². The molecule has 2 aromatic rings. The van der Waals surface area contributed by atoms with E-state index in [0.717, 1.165) is 36.5 Å². The third kappa shape index (κ3) is 2.65. The lowest BCUT2D eigenvalue weighted by Crippen LogP contribution is -2.34. The number of nitrogens with zero attached hydrogens (tertiary/aromatic N) is 3. The van der Waals surface area contributed by atoms with Crippen molar-refractivity contribution in [1.29, 1.82) is 0 Å². The molecule has 0 fully saturated rings. The number of hydrogen-bond acceptors (Lipinski definition) is 3. The smallest absolute Gasteiger partial charge is 0.246 e. The Morgan fingerprint density at radius 2 is 2.24 bits per heavy atom. The van der Waals surface area contributed by atoms with Crippen molar-refractivity contribution >= 4 is 23.3 Å². The predicted octanol–water partition coefficient (Wildman–Crippen LogP) is 2.70. The molecule has 0 radical (unpaired) electrons. The van der Waals surface area contributed by atoms with Crippen LogP contribution >= 0.6 is 11.3 Å². The summed E-state index contributed by atoms with van der Waals surface area (Å²) in [6.07, 6.45) is 4.54. The van der Waals surface area contributed by atoms with E-state index in [0.29, 0.717) is 0 Å². The van der Waals surface area contributed by atoms with Crippen molar-refractivity contribution in [2.45, 2.75) is 26.8 Å². The van der Waals surface area contributed by atoms with E-state index in [-0.39, 0.29) is 5.91 Å². The van der Waals surface area contributed by atoms with E-state index in [1.54, 1.807) is 17.4 Å². The Morgan fingerprint density at radius 3 is 2.95 bits per heavy atom. The number of hydrogen-bond donors (Lipinski definition) is 0. The van der Waals surface area contributed by atoms with Crippen molar-refractivity contribution in [3.05, 3.63) is 44.9 Å². The summed E-state index contributed by atoms with van der Waals surface area (Å²) < 4.78 is 1.85. The molecule has 0 unspecified atom stereocenters. The minimum absolute atomic E-state index is 0.0782. The van der Waals surface area contributed by atoms with Crippen LogP contribution in [0.1, 0.15) is 27.4 Å². The Hall–Kier alpha value is -1.88. The Morgan fingerprint density at radius 1 is 1.43 bits per heavy atom. The summed E-state index contributed by atoms with van der Waals surface area (Å²) in [4.78, 5) is 15.7. The zero-order chi connectivity index (χ0) is 15.0. The zero-order valence-electron chi connectivity index (χ0n) is 12.6. The minimum atomic E-state index is 0.0782. The molecule has 4 nitrogen and oxygen atoms in total. The molecule has 0 aliphatic carbocycles. The van der Waals surface area contributed by atoms with Crippen LogP contribution in [0.25, 0.3) is 6.08 Å². The Bertz CT molecular complexity index is 711. The summed E-state index contributed by atoms with van der Waals surface area (Å²) in [5, 5.41) is 6.47. The largest absolute Gasteiger partial charge is 0.334 e. The highest BCUT2D eigenvalue weighted by molar-refractivity contribution is 7.10. The number of carbonyl (C=O) groups is 1. The highest BCUT2D eigenvalue weighted by atomic mass is 32.1. The second-order valence-corrected chi connectivity index (χ2v) is 6.42. The van der Waals surface area contributed by atoms with Gasteiger partial charge in [-0.05, 0) is 43.4 Å². The fourth-order valence-electron chi connectivity index (χ4n) is 2.73. The lowest BCUT2D eigenvalue weighted by atomic mass is 10.1. The molecule has 0 atom stereocenters. The molecule has 3 heterocycles. The number of amides is 1. The number of aromatic nitrogens is 2. The molecule has 21 heavy (non-hydrogen) atoms. The van der Waals surface area contributed by atoms with Gasteiger partial charge >= 0.3 is 0 Å². The van der Waals surface area contributed by atoms with Crippen LogP contribution in [0.3, 0.4) is 0 Å². The number of rotatable bonds is 2. The Balaban J connectivity index is 1.74. The molecule has 1 aliphatic heterocycles. The first-order valence-corrected chi connectivity index (χ1v) is 7.96. The van der Waals surface area contributed by atoms with Crippen molar-refractivity contribution < 1.29 is 4.79 Å². The molecule has 0 saturated carbocycles. The maximum absolute atomic E-state index is 12.3. The monoisotopic (exact) mass is 301 g/mol. The minimum Gasteiger partial charge on any atom is -0.334 e. The first-order valence-electron chi connectivity index (χ1n) is 7.08. The third-order valence-electron chi connectivity index (χ3n) is 4.08. The van der Waals surface area contributed by atoms with Crippen molar-refractivity contribution in [1.82, 2.24) is 14.7 Å². The van der Waals surface area contributed by atoms with E-state index in [1.807, 2.05) is 36.6 Å². The Kier molecular flexibility index (Phi) is 3.68. The predicted molar refractivity (Wildman–Crippen MR) is 85.2 cm³/mol. The van der Waals surface area contributed by atoms with Gasteiger partial charge in [-0.15, -0.1) is 11.3 Å². The molecule has 1 aliphatic rings. The van der Waals surface area contributed by atoms with Crippen molar-refractivity contribution in [2.75, 3.05) is 6.54 Å². The van der Waals surface area contributed by atoms with E-state index in [2.05, 4.69) is 16.5 Å². The lowest BCUT2D eigenvalue weighted by Gasteiger charge is -2.25. The van der Waals surface area contributed by atoms with E-state index < -0.39 is 0 Å². The lowest BCUT2D eigenvalue weighted by molar-refractivity contribution is -0.126. The SMILES string of the molecule is Cc1nn(C)c(C)c1C=CC(=O)N1CCc2sccc2C1. The van der Waals surface area contributed by atoms with Gasteiger partial charge in [-0.25, -0.2) is 0 Å². The molecule has 1 amide bonds. The van der Waals surface area contributed by atoms with Crippen LogP contribution in [0.4, 0.5) is 0 Å². The average molecular weight is 301 g/mol. The molecule has 110 valence electrons. The summed E-state index contributed by atoms with van der Waals surface area (Å²) in [5.74, 6) is 0.0782. The summed E-state index contributed by atoms with van der Waals surface area (Å²) >= 11 is 1.79. The van der Waals surface area contributed by atoms with Gasteiger partial charge < -0.3 is 4.90 Å².